The summed E-state index contributed by atoms with van der Waals surface area (Å²) in [6, 6.07) is 16.7. The van der Waals surface area contributed by atoms with Gasteiger partial charge in [-0.3, -0.25) is 0 Å². The molecule has 2 nitrogen and oxygen atoms in total. The van der Waals surface area contributed by atoms with Gasteiger partial charge in [-0.1, -0.05) is 38.1 Å². The summed E-state index contributed by atoms with van der Waals surface area (Å²) in [6.07, 6.45) is 0.983. The van der Waals surface area contributed by atoms with E-state index in [9.17, 15) is 0 Å². The molecule has 1 atom stereocenters. The summed E-state index contributed by atoms with van der Waals surface area (Å²) in [4.78, 5) is 0. The molecule has 0 bridgehead atoms. The summed E-state index contributed by atoms with van der Waals surface area (Å²) < 4.78 is 11.2. The van der Waals surface area contributed by atoms with E-state index < -0.39 is 0 Å². The van der Waals surface area contributed by atoms with Crippen molar-refractivity contribution in [2.75, 3.05) is 7.11 Å². The third-order valence-electron chi connectivity index (χ3n) is 4.24. The molecule has 0 aromatic heterocycles. The standard InChI is InChI=1S/C20H26O2/c1-6-20(3,4)22-19-13-9-17(10-14-19)15(2)16-7-11-18(21-5)12-8-16/h7-15H,6H2,1-5H3. The molecule has 0 heterocycles. The van der Waals surface area contributed by atoms with E-state index in [2.05, 4.69) is 64.1 Å². The Morgan fingerprint density at radius 3 is 1.73 bits per heavy atom. The van der Waals surface area contributed by atoms with E-state index in [1.54, 1.807) is 7.11 Å². The maximum Gasteiger partial charge on any atom is 0.120 e. The van der Waals surface area contributed by atoms with Crippen LogP contribution in [0.5, 0.6) is 11.5 Å². The summed E-state index contributed by atoms with van der Waals surface area (Å²) in [6.45, 7) is 8.58. The molecule has 0 N–H and O–H groups in total. The maximum atomic E-state index is 6.01. The predicted molar refractivity (Wildman–Crippen MR) is 92.0 cm³/mol. The van der Waals surface area contributed by atoms with E-state index in [0.29, 0.717) is 5.92 Å². The Bertz CT molecular complexity index is 582. The van der Waals surface area contributed by atoms with Crippen LogP contribution < -0.4 is 9.47 Å². The van der Waals surface area contributed by atoms with E-state index in [1.807, 2.05) is 12.1 Å². The molecule has 0 saturated carbocycles. The van der Waals surface area contributed by atoms with Crippen LogP contribution in [0.3, 0.4) is 0 Å². The zero-order valence-electron chi connectivity index (χ0n) is 14.2. The van der Waals surface area contributed by atoms with E-state index >= 15 is 0 Å². The van der Waals surface area contributed by atoms with Crippen LogP contribution in [-0.2, 0) is 0 Å². The Morgan fingerprint density at radius 2 is 1.32 bits per heavy atom. The lowest BCUT2D eigenvalue weighted by molar-refractivity contribution is 0.105. The Morgan fingerprint density at radius 1 is 0.864 bits per heavy atom. The number of hydrogen-bond donors (Lipinski definition) is 0. The first-order chi connectivity index (χ1) is 10.4. The number of benzene rings is 2. The van der Waals surface area contributed by atoms with Gasteiger partial charge in [0.25, 0.3) is 0 Å². The van der Waals surface area contributed by atoms with Crippen LogP contribution in [0.2, 0.25) is 0 Å². The largest absolute Gasteiger partial charge is 0.497 e. The van der Waals surface area contributed by atoms with Crippen molar-refractivity contribution in [3.8, 4) is 11.5 Å². The number of rotatable bonds is 6. The fourth-order valence-electron chi connectivity index (χ4n) is 2.30. The molecule has 118 valence electrons. The van der Waals surface area contributed by atoms with Crippen molar-refractivity contribution >= 4 is 0 Å². The fraction of sp³-hybridized carbons (Fsp3) is 0.400. The first-order valence-electron chi connectivity index (χ1n) is 7.88. The quantitative estimate of drug-likeness (QED) is 0.709. The van der Waals surface area contributed by atoms with Gasteiger partial charge in [0.05, 0.1) is 7.11 Å². The Kier molecular flexibility index (Phi) is 5.12. The zero-order valence-corrected chi connectivity index (χ0v) is 14.2. The van der Waals surface area contributed by atoms with Gasteiger partial charge in [0, 0.05) is 5.92 Å². The first-order valence-corrected chi connectivity index (χ1v) is 7.88. The van der Waals surface area contributed by atoms with Gasteiger partial charge in [0.1, 0.15) is 17.1 Å². The van der Waals surface area contributed by atoms with E-state index in [-0.39, 0.29) is 5.60 Å². The van der Waals surface area contributed by atoms with E-state index in [1.165, 1.54) is 11.1 Å². The van der Waals surface area contributed by atoms with Gasteiger partial charge >= 0.3 is 0 Å². The highest BCUT2D eigenvalue weighted by molar-refractivity contribution is 5.37. The average molecular weight is 298 g/mol. The third-order valence-corrected chi connectivity index (χ3v) is 4.24. The minimum Gasteiger partial charge on any atom is -0.497 e. The van der Waals surface area contributed by atoms with Crippen molar-refractivity contribution in [2.45, 2.75) is 45.6 Å². The number of ether oxygens (including phenoxy) is 2. The normalized spacial score (nSPS) is 12.8. The Hall–Kier alpha value is -1.96. The van der Waals surface area contributed by atoms with Gasteiger partial charge < -0.3 is 9.47 Å². The van der Waals surface area contributed by atoms with Crippen LogP contribution in [0.4, 0.5) is 0 Å². The molecule has 2 aromatic carbocycles. The molecule has 0 radical (unpaired) electrons. The first kappa shape index (κ1) is 16.4. The lowest BCUT2D eigenvalue weighted by Gasteiger charge is -2.25. The van der Waals surface area contributed by atoms with Crippen LogP contribution in [0.15, 0.2) is 48.5 Å². The summed E-state index contributed by atoms with van der Waals surface area (Å²) in [5, 5.41) is 0. The second kappa shape index (κ2) is 6.87. The molecule has 2 aromatic rings. The third kappa shape index (κ3) is 4.03. The van der Waals surface area contributed by atoms with Crippen molar-refractivity contribution in [3.05, 3.63) is 59.7 Å². The number of hydrogen-bond acceptors (Lipinski definition) is 2. The van der Waals surface area contributed by atoms with E-state index in [0.717, 1.165) is 17.9 Å². The van der Waals surface area contributed by atoms with Crippen LogP contribution >= 0.6 is 0 Å². The molecule has 0 fully saturated rings. The smallest absolute Gasteiger partial charge is 0.120 e. The predicted octanol–water partition coefficient (Wildman–Crippen LogP) is 5.41. The zero-order chi connectivity index (χ0) is 16.2. The average Bonchev–Trinajstić information content (AvgIpc) is 2.55. The molecular weight excluding hydrogens is 272 g/mol. The molecule has 0 amide bonds. The molecule has 1 unspecified atom stereocenters. The monoisotopic (exact) mass is 298 g/mol. The summed E-state index contributed by atoms with van der Waals surface area (Å²) in [7, 11) is 1.69. The Labute approximate surface area is 134 Å². The van der Waals surface area contributed by atoms with Crippen molar-refractivity contribution in [2.24, 2.45) is 0 Å². The van der Waals surface area contributed by atoms with Gasteiger partial charge in [-0.25, -0.2) is 0 Å². The fourth-order valence-corrected chi connectivity index (χ4v) is 2.30. The second-order valence-electron chi connectivity index (χ2n) is 6.28. The van der Waals surface area contributed by atoms with Crippen LogP contribution in [0, 0.1) is 0 Å². The molecule has 22 heavy (non-hydrogen) atoms. The molecule has 0 saturated heterocycles. The highest BCUT2D eigenvalue weighted by atomic mass is 16.5. The lowest BCUT2D eigenvalue weighted by Crippen LogP contribution is -2.26. The number of methoxy groups -OCH3 is 1. The second-order valence-corrected chi connectivity index (χ2v) is 6.28. The van der Waals surface area contributed by atoms with Gasteiger partial charge in [-0.15, -0.1) is 0 Å². The van der Waals surface area contributed by atoms with Crippen molar-refractivity contribution in [3.63, 3.8) is 0 Å². The maximum absolute atomic E-state index is 6.01. The minimum atomic E-state index is -0.122. The van der Waals surface area contributed by atoms with Gasteiger partial charge in [-0.2, -0.15) is 0 Å². The molecule has 0 aliphatic heterocycles. The van der Waals surface area contributed by atoms with Crippen molar-refractivity contribution < 1.29 is 9.47 Å². The van der Waals surface area contributed by atoms with Crippen LogP contribution in [0.25, 0.3) is 0 Å². The molecule has 2 rings (SSSR count). The van der Waals surface area contributed by atoms with Crippen LogP contribution in [-0.4, -0.2) is 12.7 Å². The summed E-state index contributed by atoms with van der Waals surface area (Å²) in [5.41, 5.74) is 2.44. The molecule has 0 spiro atoms. The molecular formula is C20H26O2. The van der Waals surface area contributed by atoms with Gasteiger partial charge in [0.2, 0.25) is 0 Å². The highest BCUT2D eigenvalue weighted by Gasteiger charge is 2.17. The minimum absolute atomic E-state index is 0.122. The Balaban J connectivity index is 2.11. The highest BCUT2D eigenvalue weighted by Crippen LogP contribution is 2.28. The summed E-state index contributed by atoms with van der Waals surface area (Å²) >= 11 is 0. The molecule has 0 aliphatic carbocycles. The van der Waals surface area contributed by atoms with Crippen molar-refractivity contribution in [1.82, 2.24) is 0 Å². The summed E-state index contributed by atoms with van der Waals surface area (Å²) in [5.74, 6) is 2.16. The topological polar surface area (TPSA) is 18.5 Å². The molecule has 2 heteroatoms. The van der Waals surface area contributed by atoms with Gasteiger partial charge in [-0.05, 0) is 55.7 Å². The molecule has 0 aliphatic rings. The van der Waals surface area contributed by atoms with Crippen LogP contribution in [0.1, 0.15) is 51.2 Å². The van der Waals surface area contributed by atoms with E-state index in [4.69, 9.17) is 9.47 Å². The van der Waals surface area contributed by atoms with Gasteiger partial charge in [0.15, 0.2) is 0 Å². The SMILES string of the molecule is CCC(C)(C)Oc1ccc(C(C)c2ccc(OC)cc2)cc1. The lowest BCUT2D eigenvalue weighted by atomic mass is 9.93. The van der Waals surface area contributed by atoms with Crippen molar-refractivity contribution in [1.29, 1.82) is 0 Å².